The number of nitrogens with zero attached hydrogens (tertiary/aromatic N) is 2. The molecule has 0 saturated heterocycles. The van der Waals surface area contributed by atoms with Crippen LogP contribution >= 0.6 is 0 Å². The SMILES string of the molecule is CCc1cc(C)ncc1C#N. The fourth-order valence-corrected chi connectivity index (χ4v) is 1.01. The lowest BCUT2D eigenvalue weighted by atomic mass is 10.1. The third-order valence-corrected chi connectivity index (χ3v) is 1.63. The largest absolute Gasteiger partial charge is 0.260 e. The van der Waals surface area contributed by atoms with E-state index in [0.29, 0.717) is 5.56 Å². The number of rotatable bonds is 1. The van der Waals surface area contributed by atoms with Crippen molar-refractivity contribution in [2.75, 3.05) is 0 Å². The van der Waals surface area contributed by atoms with Gasteiger partial charge in [-0.2, -0.15) is 5.26 Å². The van der Waals surface area contributed by atoms with Crippen molar-refractivity contribution in [1.82, 2.24) is 4.98 Å². The van der Waals surface area contributed by atoms with Crippen molar-refractivity contribution in [3.05, 3.63) is 29.1 Å². The van der Waals surface area contributed by atoms with E-state index in [1.165, 1.54) is 0 Å². The van der Waals surface area contributed by atoms with Gasteiger partial charge < -0.3 is 0 Å². The van der Waals surface area contributed by atoms with Gasteiger partial charge in [0.25, 0.3) is 0 Å². The van der Waals surface area contributed by atoms with Crippen LogP contribution in [-0.4, -0.2) is 4.98 Å². The van der Waals surface area contributed by atoms with Gasteiger partial charge in [0.2, 0.25) is 0 Å². The molecule has 0 aliphatic heterocycles. The van der Waals surface area contributed by atoms with Crippen LogP contribution in [0, 0.1) is 18.3 Å². The summed E-state index contributed by atoms with van der Waals surface area (Å²) in [5.41, 5.74) is 2.75. The predicted octanol–water partition coefficient (Wildman–Crippen LogP) is 1.82. The second kappa shape index (κ2) is 3.16. The molecule has 1 heterocycles. The number of nitriles is 1. The number of hydrogen-bond acceptors (Lipinski definition) is 2. The van der Waals surface area contributed by atoms with Gasteiger partial charge in [-0.25, -0.2) is 0 Å². The molecule has 2 nitrogen and oxygen atoms in total. The molecule has 1 rings (SSSR count). The Morgan fingerprint density at radius 1 is 1.64 bits per heavy atom. The second-order valence-corrected chi connectivity index (χ2v) is 2.45. The zero-order valence-corrected chi connectivity index (χ0v) is 6.76. The quantitative estimate of drug-likeness (QED) is 0.606. The monoisotopic (exact) mass is 146 g/mol. The van der Waals surface area contributed by atoms with Crippen molar-refractivity contribution >= 4 is 0 Å². The van der Waals surface area contributed by atoms with Crippen LogP contribution in [0.2, 0.25) is 0 Å². The molecule has 0 saturated carbocycles. The summed E-state index contributed by atoms with van der Waals surface area (Å²) in [5, 5.41) is 8.65. The number of pyridine rings is 1. The molecule has 0 aromatic carbocycles. The van der Waals surface area contributed by atoms with Gasteiger partial charge in [-0.15, -0.1) is 0 Å². The summed E-state index contributed by atoms with van der Waals surface area (Å²) in [5.74, 6) is 0. The predicted molar refractivity (Wildman–Crippen MR) is 43.1 cm³/mol. The summed E-state index contributed by atoms with van der Waals surface area (Å²) in [4.78, 5) is 4.04. The maximum Gasteiger partial charge on any atom is 0.101 e. The highest BCUT2D eigenvalue weighted by molar-refractivity contribution is 5.36. The summed E-state index contributed by atoms with van der Waals surface area (Å²) in [6.45, 7) is 3.97. The minimum absolute atomic E-state index is 0.693. The average molecular weight is 146 g/mol. The molecule has 1 aromatic rings. The number of aromatic nitrogens is 1. The van der Waals surface area contributed by atoms with Crippen LogP contribution in [-0.2, 0) is 6.42 Å². The Bertz CT molecular complexity index is 297. The Labute approximate surface area is 66.5 Å². The first-order valence-electron chi connectivity index (χ1n) is 3.63. The molecule has 0 radical (unpaired) electrons. The van der Waals surface area contributed by atoms with E-state index < -0.39 is 0 Å². The molecule has 0 spiro atoms. The maximum atomic E-state index is 8.65. The zero-order valence-electron chi connectivity index (χ0n) is 6.76. The van der Waals surface area contributed by atoms with Gasteiger partial charge in [0.1, 0.15) is 6.07 Å². The summed E-state index contributed by atoms with van der Waals surface area (Å²) in [6, 6.07) is 4.07. The van der Waals surface area contributed by atoms with Gasteiger partial charge in [0.05, 0.1) is 5.56 Å². The lowest BCUT2D eigenvalue weighted by Crippen LogP contribution is -1.91. The Balaban J connectivity index is 3.19. The van der Waals surface area contributed by atoms with E-state index >= 15 is 0 Å². The van der Waals surface area contributed by atoms with Crippen molar-refractivity contribution in [2.24, 2.45) is 0 Å². The Kier molecular flexibility index (Phi) is 2.22. The molecule has 0 amide bonds. The lowest BCUT2D eigenvalue weighted by molar-refractivity contribution is 1.07. The summed E-state index contributed by atoms with van der Waals surface area (Å²) in [6.07, 6.45) is 2.53. The van der Waals surface area contributed by atoms with Crippen LogP contribution in [0.15, 0.2) is 12.3 Å². The van der Waals surface area contributed by atoms with Gasteiger partial charge in [0, 0.05) is 11.9 Å². The van der Waals surface area contributed by atoms with Crippen LogP contribution in [0.25, 0.3) is 0 Å². The van der Waals surface area contributed by atoms with E-state index in [0.717, 1.165) is 17.7 Å². The Morgan fingerprint density at radius 2 is 2.36 bits per heavy atom. The highest BCUT2D eigenvalue weighted by atomic mass is 14.7. The van der Waals surface area contributed by atoms with E-state index in [4.69, 9.17) is 5.26 Å². The van der Waals surface area contributed by atoms with Crippen molar-refractivity contribution in [1.29, 1.82) is 5.26 Å². The van der Waals surface area contributed by atoms with Crippen molar-refractivity contribution in [3.63, 3.8) is 0 Å². The smallest absolute Gasteiger partial charge is 0.101 e. The van der Waals surface area contributed by atoms with Crippen molar-refractivity contribution in [3.8, 4) is 6.07 Å². The summed E-state index contributed by atoms with van der Waals surface area (Å²) >= 11 is 0. The average Bonchev–Trinajstić information content (AvgIpc) is 2.04. The standard InChI is InChI=1S/C9H10N2/c1-3-8-4-7(2)11-6-9(8)5-10/h4,6H,3H2,1-2H3. The summed E-state index contributed by atoms with van der Waals surface area (Å²) < 4.78 is 0. The van der Waals surface area contributed by atoms with Crippen molar-refractivity contribution < 1.29 is 0 Å². The second-order valence-electron chi connectivity index (χ2n) is 2.45. The van der Waals surface area contributed by atoms with Gasteiger partial charge in [-0.05, 0) is 25.0 Å². The molecule has 11 heavy (non-hydrogen) atoms. The highest BCUT2D eigenvalue weighted by Crippen LogP contribution is 2.07. The first-order chi connectivity index (χ1) is 5.27. The van der Waals surface area contributed by atoms with Crippen LogP contribution in [0.4, 0.5) is 0 Å². The molecule has 56 valence electrons. The highest BCUT2D eigenvalue weighted by Gasteiger charge is 1.99. The van der Waals surface area contributed by atoms with Crippen LogP contribution in [0.3, 0.4) is 0 Å². The first-order valence-corrected chi connectivity index (χ1v) is 3.63. The van der Waals surface area contributed by atoms with Crippen molar-refractivity contribution in [2.45, 2.75) is 20.3 Å². The van der Waals surface area contributed by atoms with Gasteiger partial charge in [0.15, 0.2) is 0 Å². The molecule has 0 unspecified atom stereocenters. The maximum absolute atomic E-state index is 8.65. The Hall–Kier alpha value is -1.36. The molecule has 0 atom stereocenters. The van der Waals surface area contributed by atoms with Gasteiger partial charge in [-0.3, -0.25) is 4.98 Å². The fraction of sp³-hybridized carbons (Fsp3) is 0.333. The molecule has 0 bridgehead atoms. The van der Waals surface area contributed by atoms with E-state index in [2.05, 4.69) is 11.1 Å². The summed E-state index contributed by atoms with van der Waals surface area (Å²) in [7, 11) is 0. The Morgan fingerprint density at radius 3 is 2.91 bits per heavy atom. The third-order valence-electron chi connectivity index (χ3n) is 1.63. The molecule has 0 fully saturated rings. The normalized spacial score (nSPS) is 9.18. The molecule has 0 N–H and O–H groups in total. The molecule has 2 heteroatoms. The van der Waals surface area contributed by atoms with E-state index in [1.807, 2.05) is 19.9 Å². The molecule has 1 aromatic heterocycles. The van der Waals surface area contributed by atoms with Gasteiger partial charge >= 0.3 is 0 Å². The topological polar surface area (TPSA) is 36.7 Å². The molecule has 0 aliphatic rings. The van der Waals surface area contributed by atoms with E-state index in [1.54, 1.807) is 6.20 Å². The first kappa shape index (κ1) is 7.74. The minimum Gasteiger partial charge on any atom is -0.260 e. The molecular weight excluding hydrogens is 136 g/mol. The van der Waals surface area contributed by atoms with Crippen LogP contribution in [0.1, 0.15) is 23.7 Å². The number of hydrogen-bond donors (Lipinski definition) is 0. The molecular formula is C9H10N2. The van der Waals surface area contributed by atoms with Gasteiger partial charge in [-0.1, -0.05) is 6.92 Å². The van der Waals surface area contributed by atoms with Crippen LogP contribution in [0.5, 0.6) is 0 Å². The minimum atomic E-state index is 0.693. The van der Waals surface area contributed by atoms with E-state index in [-0.39, 0.29) is 0 Å². The third kappa shape index (κ3) is 1.56. The zero-order chi connectivity index (χ0) is 8.27. The lowest BCUT2D eigenvalue weighted by Gasteiger charge is -1.99. The van der Waals surface area contributed by atoms with E-state index in [9.17, 15) is 0 Å². The number of aryl methyl sites for hydroxylation is 2. The van der Waals surface area contributed by atoms with Crippen LogP contribution < -0.4 is 0 Å². The molecule has 0 aliphatic carbocycles. The fourth-order valence-electron chi connectivity index (χ4n) is 1.01.